The summed E-state index contributed by atoms with van der Waals surface area (Å²) in [5.41, 5.74) is -3.80. The highest BCUT2D eigenvalue weighted by Gasteiger charge is 2.44. The number of anilines is 3. The molecule has 7 aromatic rings. The Bertz CT molecular complexity index is 3360. The number of fused-ring (bicyclic) bond motifs is 2. The topological polar surface area (TPSA) is 104 Å². The molecular formula is C58H59F12N11O. The van der Waals surface area contributed by atoms with E-state index < -0.39 is 66.2 Å². The van der Waals surface area contributed by atoms with Gasteiger partial charge in [-0.15, -0.1) is 5.10 Å². The van der Waals surface area contributed by atoms with Crippen molar-refractivity contribution in [3.05, 3.63) is 142 Å². The number of alkyl halides is 12. The molecular weight excluding hydrogens is 1090 g/mol. The van der Waals surface area contributed by atoms with Crippen molar-refractivity contribution < 1.29 is 57.4 Å². The van der Waals surface area contributed by atoms with Crippen LogP contribution in [0.25, 0.3) is 21.8 Å². The smallest absolute Gasteiger partial charge is 0.416 e. The molecule has 3 atom stereocenters. The Labute approximate surface area is 464 Å². The predicted octanol–water partition coefficient (Wildman–Crippen LogP) is 13.9. The number of rotatable bonds is 18. The van der Waals surface area contributed by atoms with Crippen molar-refractivity contribution in [3.63, 3.8) is 0 Å². The van der Waals surface area contributed by atoms with E-state index in [1.54, 1.807) is 11.0 Å². The molecule has 0 N–H and O–H groups in total. The second kappa shape index (κ2) is 23.1. The van der Waals surface area contributed by atoms with Crippen LogP contribution in [0.15, 0.2) is 102 Å². The van der Waals surface area contributed by atoms with Gasteiger partial charge in [0.2, 0.25) is 0 Å². The number of aryl methyl sites for hydroxylation is 1. The van der Waals surface area contributed by atoms with Gasteiger partial charge in [0.15, 0.2) is 0 Å². The summed E-state index contributed by atoms with van der Waals surface area (Å²) < 4.78 is 177. The Morgan fingerprint density at radius 1 is 0.549 bits per heavy atom. The number of tetrazole rings is 1. The Kier molecular flexibility index (Phi) is 16.3. The van der Waals surface area contributed by atoms with Crippen LogP contribution in [0, 0.1) is 17.8 Å². The molecule has 1 aliphatic heterocycles. The van der Waals surface area contributed by atoms with Crippen LogP contribution in [0.5, 0.6) is 0 Å². The number of nitrogens with zero attached hydrogens (tertiary/aromatic N) is 11. The normalized spacial score (nSPS) is 18.0. The average molecular weight is 1150 g/mol. The largest absolute Gasteiger partial charge is 0.460 e. The molecule has 2 aliphatic carbocycles. The molecule has 82 heavy (non-hydrogen) atoms. The van der Waals surface area contributed by atoms with E-state index in [0.717, 1.165) is 59.9 Å². The third-order valence-electron chi connectivity index (χ3n) is 15.8. The number of aliphatic imine (C=N–C) groups is 1. The number of para-hydroxylation sites is 2. The van der Waals surface area contributed by atoms with Gasteiger partial charge < -0.3 is 24.3 Å². The highest BCUT2D eigenvalue weighted by atomic mass is 19.4. The Morgan fingerprint density at radius 2 is 1.02 bits per heavy atom. The molecule has 4 heterocycles. The number of pyridine rings is 2. The summed E-state index contributed by atoms with van der Waals surface area (Å²) in [4.78, 5) is 23.4. The third-order valence-corrected chi connectivity index (χ3v) is 15.8. The molecule has 3 aromatic heterocycles. The van der Waals surface area contributed by atoms with Gasteiger partial charge in [0, 0.05) is 73.6 Å². The number of benzene rings is 4. The van der Waals surface area contributed by atoms with Crippen LogP contribution < -0.4 is 14.7 Å². The highest BCUT2D eigenvalue weighted by molar-refractivity contribution is 5.83. The highest BCUT2D eigenvalue weighted by Crippen LogP contribution is 2.43. The van der Waals surface area contributed by atoms with Crippen LogP contribution in [0.1, 0.15) is 96.9 Å². The van der Waals surface area contributed by atoms with E-state index in [1.165, 1.54) is 11.9 Å². The molecule has 0 spiro atoms. The third kappa shape index (κ3) is 13.1. The van der Waals surface area contributed by atoms with Gasteiger partial charge in [0.1, 0.15) is 17.7 Å². The van der Waals surface area contributed by atoms with E-state index in [0.29, 0.717) is 84.3 Å². The lowest BCUT2D eigenvalue weighted by atomic mass is 9.70. The first-order valence-corrected chi connectivity index (χ1v) is 27.2. The minimum atomic E-state index is -5.08. The molecule has 3 unspecified atom stereocenters. The molecule has 4 aromatic carbocycles. The fraction of sp³-hybridized carbons (Fsp3) is 0.448. The molecule has 436 valence electrons. The van der Waals surface area contributed by atoms with Gasteiger partial charge >= 0.3 is 24.7 Å². The van der Waals surface area contributed by atoms with Crippen molar-refractivity contribution in [2.24, 2.45) is 29.8 Å². The van der Waals surface area contributed by atoms with Crippen LogP contribution in [-0.2, 0) is 62.7 Å². The minimum Gasteiger partial charge on any atom is -0.460 e. The lowest BCUT2D eigenvalue weighted by molar-refractivity contribution is -0.144. The zero-order valence-electron chi connectivity index (χ0n) is 45.0. The number of ether oxygens (including phenoxy) is 1. The Hall–Kier alpha value is -7.40. The van der Waals surface area contributed by atoms with E-state index >= 15 is 0 Å². The second-order valence-electron chi connectivity index (χ2n) is 21.5. The minimum absolute atomic E-state index is 0.0238. The number of hydrogen-bond donors (Lipinski definition) is 0. The number of hydrogen-bond acceptors (Lipinski definition) is 11. The van der Waals surface area contributed by atoms with Crippen LogP contribution >= 0.6 is 0 Å². The summed E-state index contributed by atoms with van der Waals surface area (Å²) in [6.45, 7) is 5.16. The van der Waals surface area contributed by atoms with Crippen LogP contribution in [0.4, 0.5) is 70.3 Å². The van der Waals surface area contributed by atoms with Gasteiger partial charge in [0.25, 0.3) is 12.0 Å². The van der Waals surface area contributed by atoms with Gasteiger partial charge in [0.05, 0.1) is 53.4 Å². The van der Waals surface area contributed by atoms with Gasteiger partial charge in [-0.1, -0.05) is 54.3 Å². The summed E-state index contributed by atoms with van der Waals surface area (Å²) in [6.07, 6.45) is -15.1. The second-order valence-corrected chi connectivity index (χ2v) is 21.5. The van der Waals surface area contributed by atoms with E-state index in [1.807, 2.05) is 73.3 Å². The maximum absolute atomic E-state index is 14.3. The van der Waals surface area contributed by atoms with E-state index in [2.05, 4.69) is 20.3 Å². The van der Waals surface area contributed by atoms with Gasteiger partial charge in [-0.05, 0) is 128 Å². The standard InChI is InChI=1S/C58H59F12N11O/c1-4-78(29-35-12-6-7-13-35)51-42(25-39-15-9-10-16-48(39)72-51)34-81(31-37-22-45(57(65,66)67)27-46(23-37)58(68,69)70)54-71-28-50(82-54)47-19-18-40(47)32-79(5-2)52-41(24-38-14-8-11-17-49(38)73-52)33-80(53-74-76-77(3)75-53)30-36-20-43(55(59,60)61)26-44(21-36)56(62,63)64/h8-11,14-17,20-27,35,40,47,50H,4-7,12-13,18-19,28-34H2,1-3H3. The van der Waals surface area contributed by atoms with Gasteiger partial charge in [-0.3, -0.25) is 0 Å². The first-order valence-electron chi connectivity index (χ1n) is 27.2. The van der Waals surface area contributed by atoms with Crippen molar-refractivity contribution in [3.8, 4) is 0 Å². The Morgan fingerprint density at radius 3 is 1.48 bits per heavy atom. The fourth-order valence-electron chi connectivity index (χ4n) is 11.5. The molecule has 10 rings (SSSR count). The van der Waals surface area contributed by atoms with Crippen molar-refractivity contribution in [1.29, 1.82) is 0 Å². The van der Waals surface area contributed by atoms with E-state index in [-0.39, 0.29) is 66.7 Å². The summed E-state index contributed by atoms with van der Waals surface area (Å²) in [6, 6.07) is 21.6. The Balaban J connectivity index is 0.949. The summed E-state index contributed by atoms with van der Waals surface area (Å²) in [5.74, 6) is 1.31. The van der Waals surface area contributed by atoms with Crippen molar-refractivity contribution in [1.82, 2.24) is 35.1 Å². The number of halogens is 12. The maximum atomic E-state index is 14.3. The monoisotopic (exact) mass is 1150 g/mol. The SMILES string of the molecule is CCN(CC1CCCC1)c1nc2ccccc2cc1CN(Cc1cc(C(F)(F)F)cc(C(F)(F)F)c1)C1=NCC(C2CCC2CN(CC)c2nc3ccccc3cc2CN(Cc2cc(C(F)(F)F)cc(C(F)(F)F)c2)c2nnn(C)n2)O1. The molecule has 2 saturated carbocycles. The molecule has 0 saturated heterocycles. The molecule has 24 heteroatoms. The number of aromatic nitrogens is 6. The summed E-state index contributed by atoms with van der Waals surface area (Å²) in [7, 11) is 1.47. The molecule has 0 amide bonds. The zero-order chi connectivity index (χ0) is 58.3. The predicted molar refractivity (Wildman–Crippen MR) is 285 cm³/mol. The van der Waals surface area contributed by atoms with Crippen molar-refractivity contribution in [2.75, 3.05) is 47.4 Å². The van der Waals surface area contributed by atoms with Crippen LogP contribution in [-0.4, -0.2) is 79.9 Å². The van der Waals surface area contributed by atoms with Crippen molar-refractivity contribution in [2.45, 2.75) is 109 Å². The fourth-order valence-corrected chi connectivity index (χ4v) is 11.5. The van der Waals surface area contributed by atoms with Crippen LogP contribution in [0.3, 0.4) is 0 Å². The first-order chi connectivity index (χ1) is 38.9. The molecule has 12 nitrogen and oxygen atoms in total. The molecule has 2 fully saturated rings. The maximum Gasteiger partial charge on any atom is 0.416 e. The van der Waals surface area contributed by atoms with E-state index in [9.17, 15) is 52.7 Å². The molecule has 3 aliphatic rings. The van der Waals surface area contributed by atoms with E-state index in [4.69, 9.17) is 19.7 Å². The summed E-state index contributed by atoms with van der Waals surface area (Å²) >= 11 is 0. The van der Waals surface area contributed by atoms with Gasteiger partial charge in [-0.2, -0.15) is 57.5 Å². The average Bonchev–Trinajstić information content (AvgIpc) is 3.85. The quantitative estimate of drug-likeness (QED) is 0.0772. The van der Waals surface area contributed by atoms with Gasteiger partial charge in [-0.25, -0.2) is 15.0 Å². The zero-order valence-corrected chi connectivity index (χ0v) is 45.0. The van der Waals surface area contributed by atoms with Crippen molar-refractivity contribution >= 4 is 45.4 Å². The first kappa shape index (κ1) is 57.8. The molecule has 0 bridgehead atoms. The lowest BCUT2D eigenvalue weighted by Crippen LogP contribution is -2.45. The number of amidine groups is 1. The lowest BCUT2D eigenvalue weighted by Gasteiger charge is -2.43. The summed E-state index contributed by atoms with van der Waals surface area (Å²) in [5, 5.41) is 13.8. The molecule has 0 radical (unpaired) electrons. The van der Waals surface area contributed by atoms with Crippen LogP contribution in [0.2, 0.25) is 0 Å².